The van der Waals surface area contributed by atoms with Gasteiger partial charge in [0.05, 0.1) is 42.6 Å². The zero-order valence-corrected chi connectivity index (χ0v) is 16.4. The third-order valence-electron chi connectivity index (χ3n) is 4.44. The molecule has 1 aliphatic heterocycles. The molecule has 160 valence electrons. The average Bonchev–Trinajstić information content (AvgIpc) is 2.99. The zero-order chi connectivity index (χ0) is 22.6. The number of hydrogen-bond donors (Lipinski definition) is 2. The van der Waals surface area contributed by atoms with Crippen molar-refractivity contribution in [3.8, 4) is 0 Å². The van der Waals surface area contributed by atoms with E-state index >= 15 is 0 Å². The number of nitrogens with zero attached hydrogens (tertiary/aromatic N) is 1. The number of anilines is 1. The van der Waals surface area contributed by atoms with Crippen LogP contribution in [0.3, 0.4) is 0 Å². The van der Waals surface area contributed by atoms with Gasteiger partial charge in [-0.15, -0.1) is 11.3 Å². The number of hydrogen-bond acceptors (Lipinski definition) is 8. The Morgan fingerprint density at radius 1 is 1.33 bits per heavy atom. The maximum atomic E-state index is 13.0. The highest BCUT2D eigenvalue weighted by Crippen LogP contribution is 2.40. The number of alkyl halides is 3. The fraction of sp³-hybridized carbons (Fsp3) is 0.250. The molecule has 2 aromatic rings. The van der Waals surface area contributed by atoms with Crippen molar-refractivity contribution in [2.45, 2.75) is 29.3 Å². The van der Waals surface area contributed by atoms with Gasteiger partial charge < -0.3 is 10.4 Å². The highest BCUT2D eigenvalue weighted by Gasteiger charge is 2.56. The largest absolute Gasteiger partial charge is 0.426 e. The summed E-state index contributed by atoms with van der Waals surface area (Å²) in [6.45, 7) is 0.198. The topological polar surface area (TPSA) is 144 Å². The van der Waals surface area contributed by atoms with E-state index in [1.54, 1.807) is 5.32 Å². The van der Waals surface area contributed by atoms with E-state index in [2.05, 4.69) is 0 Å². The van der Waals surface area contributed by atoms with Crippen LogP contribution >= 0.6 is 11.3 Å². The normalized spacial score (nSPS) is 17.3. The van der Waals surface area contributed by atoms with Gasteiger partial charge in [-0.1, -0.05) is 6.07 Å². The molecule has 1 aromatic heterocycles. The van der Waals surface area contributed by atoms with Gasteiger partial charge in [0.15, 0.2) is 9.84 Å². The molecule has 0 aliphatic carbocycles. The highest BCUT2D eigenvalue weighted by atomic mass is 32.2. The van der Waals surface area contributed by atoms with Crippen molar-refractivity contribution in [2.24, 2.45) is 0 Å². The van der Waals surface area contributed by atoms with E-state index in [4.69, 9.17) is 0 Å². The Balaban J connectivity index is 2.19. The first-order valence-corrected chi connectivity index (χ1v) is 10.5. The number of aliphatic hydroxyl groups is 1. The van der Waals surface area contributed by atoms with Gasteiger partial charge in [0.1, 0.15) is 0 Å². The first kappa shape index (κ1) is 21.9. The molecule has 2 heterocycles. The van der Waals surface area contributed by atoms with Crippen molar-refractivity contribution in [1.82, 2.24) is 0 Å². The van der Waals surface area contributed by atoms with Crippen LogP contribution in [-0.4, -0.2) is 41.9 Å². The molecular formula is C16H11F3N2O7S2. The van der Waals surface area contributed by atoms with Crippen LogP contribution in [-0.2, 0) is 20.4 Å². The smallest absolute Gasteiger partial charge is 0.373 e. The summed E-state index contributed by atoms with van der Waals surface area (Å²) in [5.74, 6) is -3.82. The van der Waals surface area contributed by atoms with Gasteiger partial charge in [-0.25, -0.2) is 8.42 Å². The summed E-state index contributed by atoms with van der Waals surface area (Å²) in [6.07, 6.45) is -5.35. The molecule has 0 fully saturated rings. The number of nitrogens with one attached hydrogen (secondary N) is 1. The van der Waals surface area contributed by atoms with E-state index in [9.17, 15) is 46.4 Å². The van der Waals surface area contributed by atoms with Gasteiger partial charge in [-0.2, -0.15) is 13.2 Å². The number of halogens is 3. The molecule has 14 heteroatoms. The first-order chi connectivity index (χ1) is 13.7. The second kappa shape index (κ2) is 6.85. The molecule has 2 N–H and O–H groups in total. The molecule has 1 aliphatic rings. The summed E-state index contributed by atoms with van der Waals surface area (Å²) in [6, 6.07) is 3.07. The lowest BCUT2D eigenvalue weighted by atomic mass is 10.0. The molecule has 0 radical (unpaired) electrons. The zero-order valence-electron chi connectivity index (χ0n) is 14.8. The van der Waals surface area contributed by atoms with Crippen LogP contribution in [0.25, 0.3) is 0 Å². The summed E-state index contributed by atoms with van der Waals surface area (Å²) in [5.41, 5.74) is -5.97. The predicted octanol–water partition coefficient (Wildman–Crippen LogP) is 2.43. The maximum Gasteiger partial charge on any atom is 0.426 e. The van der Waals surface area contributed by atoms with E-state index in [1.165, 1.54) is 0 Å². The molecule has 1 amide bonds. The van der Waals surface area contributed by atoms with Crippen LogP contribution < -0.4 is 5.32 Å². The first-order valence-electron chi connectivity index (χ1n) is 7.94. The lowest BCUT2D eigenvalue weighted by Gasteiger charge is -2.25. The second-order valence-electron chi connectivity index (χ2n) is 6.48. The molecular weight excluding hydrogens is 453 g/mol. The summed E-state index contributed by atoms with van der Waals surface area (Å²) in [7, 11) is -4.33. The quantitative estimate of drug-likeness (QED) is 0.524. The fourth-order valence-electron chi connectivity index (χ4n) is 2.74. The highest BCUT2D eigenvalue weighted by molar-refractivity contribution is 7.90. The molecule has 9 nitrogen and oxygen atoms in total. The Kier molecular flexibility index (Phi) is 4.99. The third kappa shape index (κ3) is 3.36. The summed E-state index contributed by atoms with van der Waals surface area (Å²) >= 11 is 0.606. The fourth-order valence-corrected chi connectivity index (χ4v) is 5.44. The van der Waals surface area contributed by atoms with Crippen LogP contribution in [0.2, 0.25) is 0 Å². The van der Waals surface area contributed by atoms with Crippen molar-refractivity contribution in [3.63, 3.8) is 0 Å². The number of ketones is 1. The number of nitro groups is 1. The summed E-state index contributed by atoms with van der Waals surface area (Å²) in [5, 5.41) is 23.4. The molecule has 30 heavy (non-hydrogen) atoms. The Bertz CT molecular complexity index is 1200. The van der Waals surface area contributed by atoms with Gasteiger partial charge in [-0.05, 0) is 19.1 Å². The lowest BCUT2D eigenvalue weighted by Crippen LogP contribution is -2.52. The molecule has 0 spiro atoms. The molecule has 0 saturated carbocycles. The average molecular weight is 464 g/mol. The van der Waals surface area contributed by atoms with Gasteiger partial charge in [0, 0.05) is 0 Å². The predicted molar refractivity (Wildman–Crippen MR) is 97.0 cm³/mol. The third-order valence-corrected chi connectivity index (χ3v) is 7.13. The number of benzene rings is 1. The Morgan fingerprint density at radius 2 is 1.97 bits per heavy atom. The van der Waals surface area contributed by atoms with E-state index in [-0.39, 0.29) is 17.4 Å². The number of sulfone groups is 1. The number of fused-ring (bicyclic) bond motifs is 2. The van der Waals surface area contributed by atoms with E-state index < -0.39 is 65.8 Å². The summed E-state index contributed by atoms with van der Waals surface area (Å²) < 4.78 is 64.3. The van der Waals surface area contributed by atoms with Gasteiger partial charge in [-0.3, -0.25) is 19.7 Å². The second-order valence-corrected chi connectivity index (χ2v) is 9.31. The molecule has 1 aromatic carbocycles. The van der Waals surface area contributed by atoms with Crippen LogP contribution in [0, 0.1) is 10.1 Å². The minimum Gasteiger partial charge on any atom is -0.373 e. The lowest BCUT2D eigenvalue weighted by molar-refractivity contribution is -0.385. The van der Waals surface area contributed by atoms with Crippen LogP contribution in [0.1, 0.15) is 27.7 Å². The Hall–Kier alpha value is -2.84. The monoisotopic (exact) mass is 464 g/mol. The van der Waals surface area contributed by atoms with Crippen molar-refractivity contribution in [1.29, 1.82) is 0 Å². The molecule has 1 unspecified atom stereocenters. The number of rotatable bonds is 3. The number of amides is 1. The minimum atomic E-state index is -5.35. The Labute approximate surface area is 170 Å². The number of carbonyl (C=O) groups is 2. The van der Waals surface area contributed by atoms with Crippen molar-refractivity contribution in [2.75, 3.05) is 5.32 Å². The molecule has 0 bridgehead atoms. The van der Waals surface area contributed by atoms with Crippen LogP contribution in [0.5, 0.6) is 0 Å². The molecule has 0 saturated heterocycles. The van der Waals surface area contributed by atoms with E-state index in [0.29, 0.717) is 11.3 Å². The van der Waals surface area contributed by atoms with Crippen molar-refractivity contribution < 1.29 is 41.2 Å². The summed E-state index contributed by atoms with van der Waals surface area (Å²) in [4.78, 5) is 34.5. The maximum absolute atomic E-state index is 13.0. The van der Waals surface area contributed by atoms with Gasteiger partial charge in [0.2, 0.25) is 11.4 Å². The number of thiophene rings is 1. The van der Waals surface area contributed by atoms with Crippen molar-refractivity contribution >= 4 is 44.2 Å². The minimum absolute atomic E-state index is 0.198. The molecule has 3 rings (SSSR count). The standard InChI is InChI=1S/C16H11F3N2O7S2/c1-15(24,16(17,18)19)14(23)20-8-3-2-4-10-11(8)12(22)13-7(6-30(10,27)28)9(5-29-13)21(25)26/h2-5,24H,6H2,1H3,(H,20,23). The van der Waals surface area contributed by atoms with E-state index in [1.807, 2.05) is 0 Å². The van der Waals surface area contributed by atoms with Crippen LogP contribution in [0.4, 0.5) is 24.5 Å². The SMILES string of the molecule is CC(O)(C(=O)Nc1cccc2c1C(=O)c1scc([N+](=O)[O-])c1CS2(=O)=O)C(F)(F)F. The molecule has 1 atom stereocenters. The Morgan fingerprint density at radius 3 is 2.53 bits per heavy atom. The van der Waals surface area contributed by atoms with E-state index in [0.717, 1.165) is 23.6 Å². The van der Waals surface area contributed by atoms with Crippen molar-refractivity contribution in [3.05, 3.63) is 49.7 Å². The van der Waals surface area contributed by atoms with Gasteiger partial charge >= 0.3 is 6.18 Å². The van der Waals surface area contributed by atoms with Gasteiger partial charge in [0.25, 0.3) is 11.6 Å². The van der Waals surface area contributed by atoms with Crippen LogP contribution in [0.15, 0.2) is 28.5 Å². The number of carbonyl (C=O) groups excluding carboxylic acids is 2.